The van der Waals surface area contributed by atoms with E-state index in [-0.39, 0.29) is 0 Å². The van der Waals surface area contributed by atoms with Gasteiger partial charge in [0, 0.05) is 30.4 Å². The monoisotopic (exact) mass is 260 g/mol. The van der Waals surface area contributed by atoms with Crippen LogP contribution in [-0.2, 0) is 6.42 Å². The second-order valence-corrected chi connectivity index (χ2v) is 4.70. The van der Waals surface area contributed by atoms with Crippen molar-refractivity contribution >= 4 is 0 Å². The van der Waals surface area contributed by atoms with Gasteiger partial charge < -0.3 is 9.84 Å². The van der Waals surface area contributed by atoms with Crippen molar-refractivity contribution in [3.05, 3.63) is 29.9 Å². The molecule has 0 bridgehead atoms. The van der Waals surface area contributed by atoms with Crippen molar-refractivity contribution in [1.29, 1.82) is 0 Å². The van der Waals surface area contributed by atoms with E-state index in [1.54, 1.807) is 12.4 Å². The molecule has 0 aliphatic heterocycles. The van der Waals surface area contributed by atoms with Gasteiger partial charge in [0.1, 0.15) is 0 Å². The fourth-order valence-electron chi connectivity index (χ4n) is 1.98. The number of rotatable bonds is 6. The van der Waals surface area contributed by atoms with Gasteiger partial charge in [0.25, 0.3) is 0 Å². The van der Waals surface area contributed by atoms with E-state index in [0.29, 0.717) is 17.8 Å². The smallest absolute Gasteiger partial charge is 0.227 e. The average Bonchev–Trinajstić information content (AvgIpc) is 2.86. The van der Waals surface area contributed by atoms with Gasteiger partial charge in [-0.2, -0.15) is 4.98 Å². The minimum Gasteiger partial charge on any atom is -0.339 e. The summed E-state index contributed by atoms with van der Waals surface area (Å²) in [5.74, 6) is 1.34. The number of nitrogens with zero attached hydrogens (tertiary/aromatic N) is 3. The predicted molar refractivity (Wildman–Crippen MR) is 73.7 cm³/mol. The molecule has 5 nitrogen and oxygen atoms in total. The Labute approximate surface area is 113 Å². The van der Waals surface area contributed by atoms with Gasteiger partial charge in [-0.05, 0) is 38.4 Å². The topological polar surface area (TPSA) is 63.8 Å². The van der Waals surface area contributed by atoms with Crippen LogP contribution in [0.25, 0.3) is 11.4 Å². The molecule has 5 heteroatoms. The second-order valence-electron chi connectivity index (χ2n) is 4.70. The molecule has 1 unspecified atom stereocenters. The molecule has 0 amide bonds. The maximum Gasteiger partial charge on any atom is 0.227 e. The van der Waals surface area contributed by atoms with Crippen LogP contribution in [0.1, 0.15) is 31.7 Å². The molecule has 19 heavy (non-hydrogen) atoms. The quantitative estimate of drug-likeness (QED) is 0.863. The van der Waals surface area contributed by atoms with Gasteiger partial charge in [-0.15, -0.1) is 0 Å². The van der Waals surface area contributed by atoms with E-state index < -0.39 is 0 Å². The molecule has 102 valence electrons. The molecule has 2 heterocycles. The number of hydrogen-bond donors (Lipinski definition) is 1. The van der Waals surface area contributed by atoms with E-state index in [1.165, 1.54) is 0 Å². The zero-order valence-corrected chi connectivity index (χ0v) is 11.7. The normalized spacial score (nSPS) is 12.6. The first-order chi connectivity index (χ1) is 9.20. The molecule has 0 saturated heterocycles. The Morgan fingerprint density at radius 1 is 1.42 bits per heavy atom. The first kappa shape index (κ1) is 13.7. The highest BCUT2D eigenvalue weighted by molar-refractivity contribution is 5.57. The van der Waals surface area contributed by atoms with Crippen molar-refractivity contribution in [2.75, 3.05) is 6.54 Å². The summed E-state index contributed by atoms with van der Waals surface area (Å²) in [7, 11) is 0. The van der Waals surface area contributed by atoms with E-state index in [9.17, 15) is 0 Å². The molecule has 0 radical (unpaired) electrons. The van der Waals surface area contributed by atoms with Crippen molar-refractivity contribution in [3.8, 4) is 11.4 Å². The lowest BCUT2D eigenvalue weighted by atomic mass is 10.1. The molecular formula is C14H20N4O. The fraction of sp³-hybridized carbons (Fsp3) is 0.500. The lowest BCUT2D eigenvalue weighted by Gasteiger charge is -2.09. The van der Waals surface area contributed by atoms with Crippen molar-refractivity contribution < 1.29 is 4.52 Å². The van der Waals surface area contributed by atoms with E-state index in [2.05, 4.69) is 34.3 Å². The maximum atomic E-state index is 5.29. The van der Waals surface area contributed by atoms with Gasteiger partial charge in [0.15, 0.2) is 0 Å². The molecule has 0 spiro atoms. The highest BCUT2D eigenvalue weighted by Crippen LogP contribution is 2.19. The van der Waals surface area contributed by atoms with E-state index in [0.717, 1.165) is 30.5 Å². The minimum atomic E-state index is 0.461. The molecule has 0 aliphatic carbocycles. The predicted octanol–water partition coefficient (Wildman–Crippen LogP) is 2.37. The Bertz CT molecular complexity index is 524. The molecule has 0 saturated carbocycles. The van der Waals surface area contributed by atoms with Gasteiger partial charge >= 0.3 is 0 Å². The molecule has 0 aliphatic rings. The van der Waals surface area contributed by atoms with Gasteiger partial charge in [0.2, 0.25) is 11.7 Å². The highest BCUT2D eigenvalue weighted by Gasteiger charge is 2.11. The van der Waals surface area contributed by atoms with Crippen molar-refractivity contribution in [2.45, 2.75) is 39.7 Å². The average molecular weight is 260 g/mol. The maximum absolute atomic E-state index is 5.29. The Kier molecular flexibility index (Phi) is 4.63. The molecule has 2 aromatic rings. The third-order valence-corrected chi connectivity index (χ3v) is 3.07. The van der Waals surface area contributed by atoms with Gasteiger partial charge in [-0.1, -0.05) is 12.1 Å². The summed E-state index contributed by atoms with van der Waals surface area (Å²) >= 11 is 0. The van der Waals surface area contributed by atoms with Gasteiger partial charge in [-0.25, -0.2) is 0 Å². The van der Waals surface area contributed by atoms with Crippen LogP contribution in [-0.4, -0.2) is 27.7 Å². The van der Waals surface area contributed by atoms with Crippen LogP contribution in [0.4, 0.5) is 0 Å². The van der Waals surface area contributed by atoms with Crippen LogP contribution in [0.15, 0.2) is 23.0 Å². The molecule has 0 fully saturated rings. The van der Waals surface area contributed by atoms with Crippen LogP contribution >= 0.6 is 0 Å². The Morgan fingerprint density at radius 2 is 2.26 bits per heavy atom. The molecule has 2 rings (SSSR count). The zero-order chi connectivity index (χ0) is 13.7. The van der Waals surface area contributed by atoms with E-state index >= 15 is 0 Å². The molecule has 2 aromatic heterocycles. The Morgan fingerprint density at radius 3 is 3.00 bits per heavy atom. The lowest BCUT2D eigenvalue weighted by Crippen LogP contribution is -2.25. The summed E-state index contributed by atoms with van der Waals surface area (Å²) < 4.78 is 5.29. The third kappa shape index (κ3) is 3.61. The second kappa shape index (κ2) is 6.43. The third-order valence-electron chi connectivity index (χ3n) is 3.07. The first-order valence-electron chi connectivity index (χ1n) is 6.67. The lowest BCUT2D eigenvalue weighted by molar-refractivity contribution is 0.368. The zero-order valence-electron chi connectivity index (χ0n) is 11.7. The number of hydrogen-bond acceptors (Lipinski definition) is 5. The fourth-order valence-corrected chi connectivity index (χ4v) is 1.98. The number of nitrogens with one attached hydrogen (secondary N) is 1. The Hall–Kier alpha value is -1.75. The molecule has 0 aromatic carbocycles. The summed E-state index contributed by atoms with van der Waals surface area (Å²) in [4.78, 5) is 8.50. The number of aryl methyl sites for hydroxylation is 2. The van der Waals surface area contributed by atoms with Crippen LogP contribution in [0.5, 0.6) is 0 Å². The largest absolute Gasteiger partial charge is 0.339 e. The van der Waals surface area contributed by atoms with Gasteiger partial charge in [-0.3, -0.25) is 4.98 Å². The number of pyridine rings is 1. The summed E-state index contributed by atoms with van der Waals surface area (Å²) in [5.41, 5.74) is 2.03. The first-order valence-corrected chi connectivity index (χ1v) is 6.67. The van der Waals surface area contributed by atoms with Crippen molar-refractivity contribution in [1.82, 2.24) is 20.4 Å². The SMILES string of the molecule is CCNC(C)CCc1nc(-c2ccncc2C)no1. The molecule has 1 N–H and O–H groups in total. The highest BCUT2D eigenvalue weighted by atomic mass is 16.5. The molecular weight excluding hydrogens is 240 g/mol. The van der Waals surface area contributed by atoms with Crippen LogP contribution in [0.3, 0.4) is 0 Å². The van der Waals surface area contributed by atoms with Crippen LogP contribution in [0.2, 0.25) is 0 Å². The van der Waals surface area contributed by atoms with Crippen molar-refractivity contribution in [3.63, 3.8) is 0 Å². The summed E-state index contributed by atoms with van der Waals surface area (Å²) in [6.07, 6.45) is 5.33. The minimum absolute atomic E-state index is 0.461. The Balaban J connectivity index is 2.02. The summed E-state index contributed by atoms with van der Waals surface area (Å²) in [6.45, 7) is 7.24. The van der Waals surface area contributed by atoms with Crippen LogP contribution in [0, 0.1) is 6.92 Å². The standard InChI is InChI=1S/C14H20N4O/c1-4-16-11(3)5-6-13-17-14(18-19-13)12-7-8-15-9-10(12)2/h7-9,11,16H,4-6H2,1-3H3. The van der Waals surface area contributed by atoms with Crippen molar-refractivity contribution in [2.24, 2.45) is 0 Å². The molecule has 1 atom stereocenters. The van der Waals surface area contributed by atoms with E-state index in [4.69, 9.17) is 4.52 Å². The number of aromatic nitrogens is 3. The van der Waals surface area contributed by atoms with Crippen LogP contribution < -0.4 is 5.32 Å². The summed E-state index contributed by atoms with van der Waals surface area (Å²) in [5, 5.41) is 7.40. The van der Waals surface area contributed by atoms with Gasteiger partial charge in [0.05, 0.1) is 0 Å². The van der Waals surface area contributed by atoms with E-state index in [1.807, 2.05) is 13.0 Å². The summed E-state index contributed by atoms with van der Waals surface area (Å²) in [6, 6.07) is 2.37.